The summed E-state index contributed by atoms with van der Waals surface area (Å²) >= 11 is 0. The predicted molar refractivity (Wildman–Crippen MR) is 85.9 cm³/mol. The van der Waals surface area contributed by atoms with Gasteiger partial charge in [-0.15, -0.1) is 0 Å². The highest BCUT2D eigenvalue weighted by Crippen LogP contribution is 2.14. The molecule has 0 unspecified atom stereocenters. The van der Waals surface area contributed by atoms with Crippen LogP contribution >= 0.6 is 0 Å². The third-order valence-electron chi connectivity index (χ3n) is 3.74. The van der Waals surface area contributed by atoms with Gasteiger partial charge in [-0.2, -0.15) is 0 Å². The molecule has 0 radical (unpaired) electrons. The molecule has 1 fully saturated rings. The van der Waals surface area contributed by atoms with E-state index in [-0.39, 0.29) is 16.7 Å². The van der Waals surface area contributed by atoms with Crippen molar-refractivity contribution < 1.29 is 16.8 Å². The van der Waals surface area contributed by atoms with Crippen molar-refractivity contribution in [3.05, 3.63) is 30.3 Å². The normalized spacial score (nSPS) is 18.4. The van der Waals surface area contributed by atoms with Crippen LogP contribution in [0, 0.1) is 0 Å². The first-order chi connectivity index (χ1) is 10.3. The minimum absolute atomic E-state index is 0.0975. The molecule has 1 aromatic rings. The smallest absolute Gasteiger partial charge is 0.240 e. The summed E-state index contributed by atoms with van der Waals surface area (Å²) in [4.78, 5) is 2.34. The first-order valence-electron chi connectivity index (χ1n) is 7.24. The van der Waals surface area contributed by atoms with Gasteiger partial charge in [-0.25, -0.2) is 21.6 Å². The van der Waals surface area contributed by atoms with Crippen LogP contribution in [0.5, 0.6) is 0 Å². The molecule has 2 rings (SSSR count). The van der Waals surface area contributed by atoms with Crippen molar-refractivity contribution in [2.24, 2.45) is 0 Å². The van der Waals surface area contributed by atoms with Gasteiger partial charge in [0.2, 0.25) is 10.0 Å². The average molecular weight is 346 g/mol. The van der Waals surface area contributed by atoms with Gasteiger partial charge >= 0.3 is 0 Å². The Morgan fingerprint density at radius 1 is 1.09 bits per heavy atom. The molecule has 6 nitrogen and oxygen atoms in total. The summed E-state index contributed by atoms with van der Waals surface area (Å²) in [6.45, 7) is 1.92. The third-order valence-corrected chi connectivity index (χ3v) is 6.20. The Bertz CT molecular complexity index is 679. The molecule has 0 aliphatic carbocycles. The van der Waals surface area contributed by atoms with Crippen LogP contribution in [0.2, 0.25) is 0 Å². The van der Waals surface area contributed by atoms with Gasteiger partial charge in [-0.3, -0.25) is 0 Å². The summed E-state index contributed by atoms with van der Waals surface area (Å²) < 4.78 is 49.5. The molecule has 0 spiro atoms. The zero-order chi connectivity index (χ0) is 16.2. The maximum atomic E-state index is 12.2. The summed E-state index contributed by atoms with van der Waals surface area (Å²) in [5.74, 6) is 0.146. The van der Waals surface area contributed by atoms with E-state index in [1.54, 1.807) is 30.3 Å². The van der Waals surface area contributed by atoms with Crippen LogP contribution in [-0.2, 0) is 19.9 Å². The lowest BCUT2D eigenvalue weighted by Gasteiger charge is -2.31. The number of sulfone groups is 1. The SMILES string of the molecule is CS(=O)(=O)CCN1CCC(NS(=O)(=O)c2ccccc2)CC1. The van der Waals surface area contributed by atoms with Crippen molar-refractivity contribution >= 4 is 19.9 Å². The fraction of sp³-hybridized carbons (Fsp3) is 0.571. The van der Waals surface area contributed by atoms with Crippen molar-refractivity contribution in [1.29, 1.82) is 0 Å². The Kier molecular flexibility index (Phi) is 5.60. The molecule has 1 aliphatic heterocycles. The van der Waals surface area contributed by atoms with Gasteiger partial charge in [0.1, 0.15) is 9.84 Å². The summed E-state index contributed by atoms with van der Waals surface area (Å²) in [6, 6.07) is 8.22. The maximum Gasteiger partial charge on any atom is 0.240 e. The topological polar surface area (TPSA) is 83.6 Å². The number of hydrogen-bond acceptors (Lipinski definition) is 5. The van der Waals surface area contributed by atoms with Gasteiger partial charge in [-0.05, 0) is 38.1 Å². The van der Waals surface area contributed by atoms with E-state index in [2.05, 4.69) is 9.62 Å². The molecule has 1 aromatic carbocycles. The molecule has 124 valence electrons. The van der Waals surface area contributed by atoms with E-state index in [0.29, 0.717) is 32.5 Å². The van der Waals surface area contributed by atoms with E-state index in [9.17, 15) is 16.8 Å². The number of hydrogen-bond donors (Lipinski definition) is 1. The van der Waals surface area contributed by atoms with E-state index in [1.165, 1.54) is 6.26 Å². The summed E-state index contributed by atoms with van der Waals surface area (Å²) in [7, 11) is -6.43. The second-order valence-corrected chi connectivity index (χ2v) is 9.65. The van der Waals surface area contributed by atoms with Crippen LogP contribution in [0.3, 0.4) is 0 Å². The highest BCUT2D eigenvalue weighted by atomic mass is 32.2. The van der Waals surface area contributed by atoms with E-state index in [0.717, 1.165) is 0 Å². The quantitative estimate of drug-likeness (QED) is 0.810. The lowest BCUT2D eigenvalue weighted by molar-refractivity contribution is 0.218. The molecule has 1 saturated heterocycles. The maximum absolute atomic E-state index is 12.2. The van der Waals surface area contributed by atoms with Crippen LogP contribution in [0.25, 0.3) is 0 Å². The number of nitrogens with one attached hydrogen (secondary N) is 1. The molecule has 1 aliphatic rings. The number of benzene rings is 1. The first-order valence-corrected chi connectivity index (χ1v) is 10.8. The van der Waals surface area contributed by atoms with Crippen LogP contribution in [0.15, 0.2) is 35.2 Å². The zero-order valence-electron chi connectivity index (χ0n) is 12.6. The largest absolute Gasteiger partial charge is 0.302 e. The Morgan fingerprint density at radius 3 is 2.23 bits per heavy atom. The van der Waals surface area contributed by atoms with Crippen molar-refractivity contribution in [2.75, 3.05) is 31.6 Å². The Balaban J connectivity index is 1.85. The fourth-order valence-electron chi connectivity index (χ4n) is 2.46. The van der Waals surface area contributed by atoms with Crippen LogP contribution in [0.1, 0.15) is 12.8 Å². The molecule has 22 heavy (non-hydrogen) atoms. The van der Waals surface area contributed by atoms with Crippen LogP contribution in [0.4, 0.5) is 0 Å². The van der Waals surface area contributed by atoms with E-state index < -0.39 is 19.9 Å². The Morgan fingerprint density at radius 2 is 1.68 bits per heavy atom. The van der Waals surface area contributed by atoms with Gasteiger partial charge in [0.25, 0.3) is 0 Å². The molecule has 1 heterocycles. The lowest BCUT2D eigenvalue weighted by atomic mass is 10.1. The summed E-state index contributed by atoms with van der Waals surface area (Å²) in [6.07, 6.45) is 2.61. The van der Waals surface area contributed by atoms with E-state index in [4.69, 9.17) is 0 Å². The highest BCUT2D eigenvalue weighted by Gasteiger charge is 2.24. The van der Waals surface area contributed by atoms with Gasteiger partial charge in [0.15, 0.2) is 0 Å². The minimum Gasteiger partial charge on any atom is -0.302 e. The van der Waals surface area contributed by atoms with Crippen molar-refractivity contribution in [3.63, 3.8) is 0 Å². The number of nitrogens with zero attached hydrogens (tertiary/aromatic N) is 1. The molecule has 0 amide bonds. The van der Waals surface area contributed by atoms with Crippen LogP contribution < -0.4 is 4.72 Å². The number of rotatable bonds is 6. The first kappa shape index (κ1) is 17.4. The minimum atomic E-state index is -3.48. The number of sulfonamides is 1. The Hall–Kier alpha value is -0.960. The molecule has 0 aromatic heterocycles. The predicted octanol–water partition coefficient (Wildman–Crippen LogP) is 0.474. The molecular formula is C14H22N2O4S2. The van der Waals surface area contributed by atoms with Crippen LogP contribution in [-0.4, -0.2) is 59.4 Å². The highest BCUT2D eigenvalue weighted by molar-refractivity contribution is 7.90. The summed E-state index contributed by atoms with van der Waals surface area (Å²) in [5, 5.41) is 0. The Labute approximate surface area is 132 Å². The third kappa shape index (κ3) is 5.35. The van der Waals surface area contributed by atoms with Crippen molar-refractivity contribution in [3.8, 4) is 0 Å². The molecule has 8 heteroatoms. The van der Waals surface area contributed by atoms with E-state index >= 15 is 0 Å². The molecule has 0 bridgehead atoms. The molecule has 0 atom stereocenters. The molecule has 0 saturated carbocycles. The van der Waals surface area contributed by atoms with Gasteiger partial charge in [-0.1, -0.05) is 18.2 Å². The second-order valence-electron chi connectivity index (χ2n) is 5.68. The standard InChI is InChI=1S/C14H22N2O4S2/c1-21(17,18)12-11-16-9-7-13(8-10-16)15-22(19,20)14-5-3-2-4-6-14/h2-6,13,15H,7-12H2,1H3. The number of piperidine rings is 1. The zero-order valence-corrected chi connectivity index (χ0v) is 14.2. The van der Waals surface area contributed by atoms with Gasteiger partial charge in [0, 0.05) is 18.8 Å². The second kappa shape index (κ2) is 7.08. The van der Waals surface area contributed by atoms with E-state index in [1.807, 2.05) is 0 Å². The number of likely N-dealkylation sites (tertiary alicyclic amines) is 1. The fourth-order valence-corrected chi connectivity index (χ4v) is 4.37. The molecule has 1 N–H and O–H groups in total. The van der Waals surface area contributed by atoms with Crippen molar-refractivity contribution in [2.45, 2.75) is 23.8 Å². The van der Waals surface area contributed by atoms with Gasteiger partial charge in [0.05, 0.1) is 10.6 Å². The average Bonchev–Trinajstić information content (AvgIpc) is 2.46. The van der Waals surface area contributed by atoms with Crippen molar-refractivity contribution in [1.82, 2.24) is 9.62 Å². The lowest BCUT2D eigenvalue weighted by Crippen LogP contribution is -2.45. The van der Waals surface area contributed by atoms with Gasteiger partial charge < -0.3 is 4.90 Å². The monoisotopic (exact) mass is 346 g/mol. The summed E-state index contributed by atoms with van der Waals surface area (Å²) in [5.41, 5.74) is 0. The molecular weight excluding hydrogens is 324 g/mol.